The third-order valence-corrected chi connectivity index (χ3v) is 5.88. The fourth-order valence-corrected chi connectivity index (χ4v) is 4.41. The average molecular weight is 429 g/mol. The zero-order valence-electron chi connectivity index (χ0n) is 13.9. The second kappa shape index (κ2) is 7.40. The topological polar surface area (TPSA) is 105 Å². The van der Waals surface area contributed by atoms with Gasteiger partial charge in [0.25, 0.3) is 0 Å². The first-order chi connectivity index (χ1) is 12.7. The van der Waals surface area contributed by atoms with Crippen molar-refractivity contribution >= 4 is 44.9 Å². The summed E-state index contributed by atoms with van der Waals surface area (Å²) in [5.41, 5.74) is 0.501. The minimum atomic E-state index is -3.97. The lowest BCUT2D eigenvalue weighted by molar-refractivity contribution is -0.132. The largest absolute Gasteiger partial charge is 0.497 e. The van der Waals surface area contributed by atoms with E-state index in [-0.39, 0.29) is 20.6 Å². The van der Waals surface area contributed by atoms with E-state index in [4.69, 9.17) is 27.9 Å². The maximum atomic E-state index is 12.7. The minimum absolute atomic E-state index is 0.00116. The number of hydrogen-bond acceptors (Lipinski definition) is 5. The lowest BCUT2D eigenvalue weighted by Gasteiger charge is -2.26. The summed E-state index contributed by atoms with van der Waals surface area (Å²) >= 11 is 12.2. The Morgan fingerprint density at radius 1 is 1.22 bits per heavy atom. The Balaban J connectivity index is 2.03. The van der Waals surface area contributed by atoms with E-state index in [2.05, 4.69) is 10.0 Å². The molecule has 1 aliphatic heterocycles. The Morgan fingerprint density at radius 3 is 2.48 bits per heavy atom. The van der Waals surface area contributed by atoms with Crippen LogP contribution in [0.25, 0.3) is 0 Å². The highest BCUT2D eigenvalue weighted by atomic mass is 35.5. The molecule has 7 nitrogen and oxygen atoms in total. The molecule has 10 heteroatoms. The van der Waals surface area contributed by atoms with Crippen molar-refractivity contribution in [2.24, 2.45) is 0 Å². The van der Waals surface area contributed by atoms with Crippen LogP contribution in [-0.2, 0) is 14.8 Å². The number of carboxylic acids is 1. The number of anilines is 1. The third-order valence-electron chi connectivity index (χ3n) is 3.89. The van der Waals surface area contributed by atoms with Crippen molar-refractivity contribution in [3.8, 4) is 5.75 Å². The number of sulfonamides is 1. The molecular weight excluding hydrogens is 415 g/mol. The quantitative estimate of drug-likeness (QED) is 0.673. The van der Waals surface area contributed by atoms with Crippen molar-refractivity contribution in [1.82, 2.24) is 4.72 Å². The summed E-state index contributed by atoms with van der Waals surface area (Å²) in [6.07, 6.45) is 1.24. The molecule has 0 aromatic heterocycles. The lowest BCUT2D eigenvalue weighted by Crippen LogP contribution is -2.31. The van der Waals surface area contributed by atoms with Crippen molar-refractivity contribution in [2.45, 2.75) is 10.9 Å². The first-order valence-electron chi connectivity index (χ1n) is 7.59. The van der Waals surface area contributed by atoms with Crippen LogP contribution in [0.1, 0.15) is 11.6 Å². The van der Waals surface area contributed by atoms with Gasteiger partial charge in [-0.1, -0.05) is 23.2 Å². The highest BCUT2D eigenvalue weighted by Gasteiger charge is 2.29. The number of carboxylic acid groups (broad SMARTS) is 1. The highest BCUT2D eigenvalue weighted by molar-refractivity contribution is 7.89. The number of methoxy groups -OCH3 is 1. The summed E-state index contributed by atoms with van der Waals surface area (Å²) in [5.74, 6) is -0.739. The molecule has 27 heavy (non-hydrogen) atoms. The number of carbonyl (C=O) groups is 1. The third kappa shape index (κ3) is 4.03. The number of ether oxygens (including phenoxy) is 1. The molecule has 0 amide bonds. The van der Waals surface area contributed by atoms with Gasteiger partial charge in [-0.15, -0.1) is 0 Å². The van der Waals surface area contributed by atoms with Gasteiger partial charge in [0.05, 0.1) is 18.0 Å². The van der Waals surface area contributed by atoms with E-state index in [0.29, 0.717) is 17.0 Å². The normalized spacial score (nSPS) is 16.1. The van der Waals surface area contributed by atoms with E-state index in [1.165, 1.54) is 49.6 Å². The highest BCUT2D eigenvalue weighted by Crippen LogP contribution is 2.39. The Labute approximate surface area is 165 Å². The summed E-state index contributed by atoms with van der Waals surface area (Å²) < 4.78 is 33.0. The SMILES string of the molecule is COc1ccc(S(=O)(=O)NC2C=C(C(=O)O)Nc3cc(Cl)cc(Cl)c32)cc1. The van der Waals surface area contributed by atoms with E-state index in [9.17, 15) is 18.3 Å². The van der Waals surface area contributed by atoms with Crippen molar-refractivity contribution in [1.29, 1.82) is 0 Å². The predicted molar refractivity (Wildman–Crippen MR) is 102 cm³/mol. The molecule has 1 atom stereocenters. The molecule has 3 N–H and O–H groups in total. The minimum Gasteiger partial charge on any atom is -0.497 e. The molecule has 3 rings (SSSR count). The number of aliphatic carboxylic acids is 1. The zero-order chi connectivity index (χ0) is 19.8. The zero-order valence-corrected chi connectivity index (χ0v) is 16.2. The summed E-state index contributed by atoms with van der Waals surface area (Å²) in [6, 6.07) is 7.73. The second-order valence-corrected chi connectivity index (χ2v) is 8.19. The fourth-order valence-electron chi connectivity index (χ4n) is 2.65. The van der Waals surface area contributed by atoms with Crippen LogP contribution in [-0.4, -0.2) is 26.6 Å². The molecule has 1 unspecified atom stereocenters. The summed E-state index contributed by atoms with van der Waals surface area (Å²) in [5, 5.41) is 12.5. The molecule has 0 bridgehead atoms. The van der Waals surface area contributed by atoms with Crippen LogP contribution in [0.5, 0.6) is 5.75 Å². The van der Waals surface area contributed by atoms with E-state index in [1.807, 2.05) is 0 Å². The monoisotopic (exact) mass is 428 g/mol. The molecule has 1 heterocycles. The van der Waals surface area contributed by atoms with Crippen molar-refractivity contribution in [3.05, 3.63) is 63.8 Å². The van der Waals surface area contributed by atoms with Gasteiger partial charge in [-0.3, -0.25) is 0 Å². The Kier molecular flexibility index (Phi) is 5.34. The molecule has 0 fully saturated rings. The van der Waals surface area contributed by atoms with Gasteiger partial charge in [0, 0.05) is 21.3 Å². The van der Waals surface area contributed by atoms with E-state index >= 15 is 0 Å². The van der Waals surface area contributed by atoms with Crippen molar-refractivity contribution in [3.63, 3.8) is 0 Å². The van der Waals surface area contributed by atoms with Crippen molar-refractivity contribution < 1.29 is 23.1 Å². The number of fused-ring (bicyclic) bond motifs is 1. The Bertz CT molecular complexity index is 1040. The van der Waals surface area contributed by atoms with Gasteiger partial charge in [0.15, 0.2) is 0 Å². The summed E-state index contributed by atoms with van der Waals surface area (Å²) in [6.45, 7) is 0. The first-order valence-corrected chi connectivity index (χ1v) is 9.82. The maximum Gasteiger partial charge on any atom is 0.352 e. The predicted octanol–water partition coefficient (Wildman–Crippen LogP) is 3.42. The fraction of sp³-hybridized carbons (Fsp3) is 0.118. The van der Waals surface area contributed by atoms with Crippen LogP contribution in [0, 0.1) is 0 Å². The number of hydrogen-bond donors (Lipinski definition) is 3. The van der Waals surface area contributed by atoms with Crippen LogP contribution in [0.2, 0.25) is 10.0 Å². The van der Waals surface area contributed by atoms with Crippen LogP contribution in [0.3, 0.4) is 0 Å². The van der Waals surface area contributed by atoms with Gasteiger partial charge < -0.3 is 15.2 Å². The molecule has 2 aromatic rings. The van der Waals surface area contributed by atoms with Gasteiger partial charge in [-0.05, 0) is 42.5 Å². The van der Waals surface area contributed by atoms with Crippen LogP contribution < -0.4 is 14.8 Å². The standard InChI is InChI=1S/C17H14Cl2N2O5S/c1-26-10-2-4-11(5-3-10)27(24,25)21-14-8-15(17(22)23)20-13-7-9(18)6-12(19)16(13)14/h2-8,14,20-21H,1H3,(H,22,23). The van der Waals surface area contributed by atoms with E-state index < -0.39 is 22.0 Å². The van der Waals surface area contributed by atoms with Gasteiger partial charge in [0.1, 0.15) is 11.4 Å². The van der Waals surface area contributed by atoms with Gasteiger partial charge >= 0.3 is 5.97 Å². The maximum absolute atomic E-state index is 12.7. The summed E-state index contributed by atoms with van der Waals surface area (Å²) in [4.78, 5) is 11.4. The molecule has 0 spiro atoms. The van der Waals surface area contributed by atoms with Gasteiger partial charge in [-0.25, -0.2) is 13.2 Å². The van der Waals surface area contributed by atoms with Crippen molar-refractivity contribution in [2.75, 3.05) is 12.4 Å². The van der Waals surface area contributed by atoms with Gasteiger partial charge in [-0.2, -0.15) is 4.72 Å². The average Bonchev–Trinajstić information content (AvgIpc) is 2.60. The molecule has 0 aliphatic carbocycles. The number of nitrogens with one attached hydrogen (secondary N) is 2. The lowest BCUT2D eigenvalue weighted by atomic mass is 10.0. The number of halogens is 2. The second-order valence-electron chi connectivity index (χ2n) is 5.63. The smallest absolute Gasteiger partial charge is 0.352 e. The molecule has 142 valence electrons. The number of benzene rings is 2. The molecule has 1 aliphatic rings. The molecule has 2 aromatic carbocycles. The Morgan fingerprint density at radius 2 is 1.89 bits per heavy atom. The van der Waals surface area contributed by atoms with Crippen LogP contribution in [0.4, 0.5) is 5.69 Å². The molecule has 0 saturated heterocycles. The Hall–Kier alpha value is -2.26. The van der Waals surface area contributed by atoms with Crippen LogP contribution >= 0.6 is 23.2 Å². The molecular formula is C17H14Cl2N2O5S. The molecule has 0 saturated carbocycles. The van der Waals surface area contributed by atoms with Crippen LogP contribution in [0.15, 0.2) is 53.1 Å². The summed E-state index contributed by atoms with van der Waals surface area (Å²) in [7, 11) is -2.49. The van der Waals surface area contributed by atoms with Gasteiger partial charge in [0.2, 0.25) is 10.0 Å². The number of rotatable bonds is 5. The molecule has 0 radical (unpaired) electrons. The van der Waals surface area contributed by atoms with E-state index in [1.54, 1.807) is 0 Å². The first kappa shape index (κ1) is 19.5. The van der Waals surface area contributed by atoms with E-state index in [0.717, 1.165) is 0 Å².